The van der Waals surface area contributed by atoms with Crippen molar-refractivity contribution in [3.05, 3.63) is 11.6 Å². The van der Waals surface area contributed by atoms with Crippen molar-refractivity contribution < 1.29 is 9.84 Å². The number of rotatable bonds is 6. The van der Waals surface area contributed by atoms with Crippen LogP contribution in [0.25, 0.3) is 0 Å². The summed E-state index contributed by atoms with van der Waals surface area (Å²) in [6.07, 6.45) is 4.20. The third kappa shape index (κ3) is 2.57. The Morgan fingerprint density at radius 3 is 2.44 bits per heavy atom. The van der Waals surface area contributed by atoms with Crippen molar-refractivity contribution in [2.75, 3.05) is 7.11 Å². The minimum Gasteiger partial charge on any atom is -0.388 e. The smallest absolute Gasteiger partial charge is 0.158 e. The fourth-order valence-corrected chi connectivity index (χ4v) is 2.51. The molecule has 0 radical (unpaired) electrons. The van der Waals surface area contributed by atoms with Gasteiger partial charge in [0.05, 0.1) is 5.60 Å². The van der Waals surface area contributed by atoms with E-state index in [1.807, 2.05) is 4.57 Å². The van der Waals surface area contributed by atoms with Crippen LogP contribution in [0.15, 0.2) is 0 Å². The van der Waals surface area contributed by atoms with Gasteiger partial charge < -0.3 is 14.4 Å². The average Bonchev–Trinajstić information content (AvgIpc) is 2.65. The molecule has 1 N–H and O–H groups in total. The van der Waals surface area contributed by atoms with Crippen LogP contribution in [0.3, 0.4) is 0 Å². The number of aliphatic hydroxyl groups is 1. The summed E-state index contributed by atoms with van der Waals surface area (Å²) in [7, 11) is 1.77. The predicted octanol–water partition coefficient (Wildman–Crippen LogP) is 1.54. The molecule has 0 saturated heterocycles. The lowest BCUT2D eigenvalue weighted by Crippen LogP contribution is -2.42. The van der Waals surface area contributed by atoms with Crippen LogP contribution in [0, 0.1) is 5.92 Å². The quantitative estimate of drug-likeness (QED) is 0.835. The standard InChI is InChI=1S/C13H23N3O2/c1-10(2)8-16-11(14-15-12(16)9-17)7-13(18-3)5-4-6-13/h10,17H,4-9H2,1-3H3. The summed E-state index contributed by atoms with van der Waals surface area (Å²) in [5.41, 5.74) is -0.0471. The van der Waals surface area contributed by atoms with E-state index in [-0.39, 0.29) is 12.2 Å². The Morgan fingerprint density at radius 1 is 1.33 bits per heavy atom. The maximum Gasteiger partial charge on any atom is 0.158 e. The zero-order chi connectivity index (χ0) is 13.2. The molecule has 0 aliphatic heterocycles. The van der Waals surface area contributed by atoms with Crippen molar-refractivity contribution in [2.45, 2.75) is 58.3 Å². The zero-order valence-corrected chi connectivity index (χ0v) is 11.5. The Hall–Kier alpha value is -0.940. The largest absolute Gasteiger partial charge is 0.388 e. The third-order valence-electron chi connectivity index (χ3n) is 3.77. The molecule has 5 heteroatoms. The SMILES string of the molecule is COC1(Cc2nnc(CO)n2CC(C)C)CCC1. The number of methoxy groups -OCH3 is 1. The Kier molecular flexibility index (Phi) is 4.02. The van der Waals surface area contributed by atoms with Gasteiger partial charge >= 0.3 is 0 Å². The van der Waals surface area contributed by atoms with E-state index in [0.717, 1.165) is 31.6 Å². The van der Waals surface area contributed by atoms with Crippen LogP contribution < -0.4 is 0 Å². The molecule has 0 unspecified atom stereocenters. The van der Waals surface area contributed by atoms with Gasteiger partial charge in [-0.2, -0.15) is 0 Å². The van der Waals surface area contributed by atoms with E-state index in [2.05, 4.69) is 24.0 Å². The molecule has 0 amide bonds. The predicted molar refractivity (Wildman–Crippen MR) is 68.1 cm³/mol. The highest BCUT2D eigenvalue weighted by Gasteiger charge is 2.38. The van der Waals surface area contributed by atoms with E-state index >= 15 is 0 Å². The summed E-state index contributed by atoms with van der Waals surface area (Å²) in [5, 5.41) is 17.6. The highest BCUT2D eigenvalue weighted by molar-refractivity contribution is 5.04. The molecule has 0 spiro atoms. The van der Waals surface area contributed by atoms with Crippen molar-refractivity contribution in [3.8, 4) is 0 Å². The molecule has 18 heavy (non-hydrogen) atoms. The number of aliphatic hydroxyl groups excluding tert-OH is 1. The summed E-state index contributed by atoms with van der Waals surface area (Å²) >= 11 is 0. The van der Waals surface area contributed by atoms with Crippen molar-refractivity contribution in [3.63, 3.8) is 0 Å². The minimum absolute atomic E-state index is 0.0471. The van der Waals surface area contributed by atoms with Gasteiger partial charge in [0.1, 0.15) is 12.4 Å². The topological polar surface area (TPSA) is 60.2 Å². The monoisotopic (exact) mass is 253 g/mol. The second-order valence-electron chi connectivity index (χ2n) is 5.61. The number of hydrogen-bond donors (Lipinski definition) is 1. The third-order valence-corrected chi connectivity index (χ3v) is 3.77. The summed E-state index contributed by atoms with van der Waals surface area (Å²) in [5.74, 6) is 2.10. The molecular formula is C13H23N3O2. The Bertz CT molecular complexity index is 391. The van der Waals surface area contributed by atoms with Gasteiger partial charge in [0.15, 0.2) is 5.82 Å². The van der Waals surface area contributed by atoms with Gasteiger partial charge in [0.25, 0.3) is 0 Å². The van der Waals surface area contributed by atoms with Crippen molar-refractivity contribution in [1.82, 2.24) is 14.8 Å². The lowest BCUT2D eigenvalue weighted by Gasteiger charge is -2.40. The van der Waals surface area contributed by atoms with Crippen LogP contribution in [0.1, 0.15) is 44.8 Å². The van der Waals surface area contributed by atoms with Crippen LogP contribution in [0.2, 0.25) is 0 Å². The van der Waals surface area contributed by atoms with E-state index in [1.54, 1.807) is 7.11 Å². The summed E-state index contributed by atoms with van der Waals surface area (Å²) in [6.45, 7) is 5.10. The highest BCUT2D eigenvalue weighted by Crippen LogP contribution is 2.37. The fraction of sp³-hybridized carbons (Fsp3) is 0.846. The van der Waals surface area contributed by atoms with Crippen molar-refractivity contribution in [1.29, 1.82) is 0 Å². The van der Waals surface area contributed by atoms with Gasteiger partial charge in [-0.25, -0.2) is 0 Å². The molecule has 2 rings (SSSR count). The molecule has 5 nitrogen and oxygen atoms in total. The zero-order valence-electron chi connectivity index (χ0n) is 11.5. The summed E-state index contributed by atoms with van der Waals surface area (Å²) in [4.78, 5) is 0. The molecule has 1 saturated carbocycles. The van der Waals surface area contributed by atoms with E-state index in [9.17, 15) is 5.11 Å². The number of nitrogens with zero attached hydrogens (tertiary/aromatic N) is 3. The van der Waals surface area contributed by atoms with Gasteiger partial charge in [-0.15, -0.1) is 10.2 Å². The molecule has 0 aromatic carbocycles. The van der Waals surface area contributed by atoms with E-state index in [0.29, 0.717) is 11.7 Å². The lowest BCUT2D eigenvalue weighted by molar-refractivity contribution is -0.0727. The Balaban J connectivity index is 2.18. The van der Waals surface area contributed by atoms with Crippen LogP contribution in [0.5, 0.6) is 0 Å². The lowest BCUT2D eigenvalue weighted by atomic mass is 9.77. The fourth-order valence-electron chi connectivity index (χ4n) is 2.51. The molecule has 1 aliphatic rings. The molecule has 0 bridgehead atoms. The van der Waals surface area contributed by atoms with E-state index < -0.39 is 0 Å². The van der Waals surface area contributed by atoms with Crippen LogP contribution in [0.4, 0.5) is 0 Å². The minimum atomic E-state index is -0.0559. The molecule has 0 atom stereocenters. The maximum atomic E-state index is 9.32. The molecule has 1 aliphatic carbocycles. The normalized spacial score (nSPS) is 18.1. The summed E-state index contributed by atoms with van der Waals surface area (Å²) < 4.78 is 7.68. The van der Waals surface area contributed by atoms with Crippen LogP contribution >= 0.6 is 0 Å². The summed E-state index contributed by atoms with van der Waals surface area (Å²) in [6, 6.07) is 0. The molecule has 1 aromatic rings. The Morgan fingerprint density at radius 2 is 2.00 bits per heavy atom. The van der Waals surface area contributed by atoms with Crippen molar-refractivity contribution in [2.24, 2.45) is 5.92 Å². The first-order chi connectivity index (χ1) is 8.60. The first-order valence-corrected chi connectivity index (χ1v) is 6.67. The van der Waals surface area contributed by atoms with E-state index in [1.165, 1.54) is 6.42 Å². The average molecular weight is 253 g/mol. The van der Waals surface area contributed by atoms with Crippen molar-refractivity contribution >= 4 is 0 Å². The van der Waals surface area contributed by atoms with Gasteiger partial charge in [0.2, 0.25) is 0 Å². The van der Waals surface area contributed by atoms with Gasteiger partial charge in [-0.05, 0) is 25.2 Å². The molecule has 1 aromatic heterocycles. The Labute approximate surface area is 108 Å². The van der Waals surface area contributed by atoms with Gasteiger partial charge in [-0.3, -0.25) is 0 Å². The highest BCUT2D eigenvalue weighted by atomic mass is 16.5. The maximum absolute atomic E-state index is 9.32. The molecular weight excluding hydrogens is 230 g/mol. The van der Waals surface area contributed by atoms with Crippen LogP contribution in [-0.4, -0.2) is 32.6 Å². The first kappa shape index (κ1) is 13.5. The van der Waals surface area contributed by atoms with Gasteiger partial charge in [0, 0.05) is 20.1 Å². The molecule has 1 fully saturated rings. The second-order valence-corrected chi connectivity index (χ2v) is 5.61. The molecule has 1 heterocycles. The van der Waals surface area contributed by atoms with Crippen LogP contribution in [-0.2, 0) is 24.3 Å². The first-order valence-electron chi connectivity index (χ1n) is 6.67. The van der Waals surface area contributed by atoms with E-state index in [4.69, 9.17) is 4.74 Å². The van der Waals surface area contributed by atoms with Gasteiger partial charge in [-0.1, -0.05) is 13.8 Å². The molecule has 102 valence electrons. The number of hydrogen-bond acceptors (Lipinski definition) is 4. The second kappa shape index (κ2) is 5.36. The number of aromatic nitrogens is 3. The number of ether oxygens (including phenoxy) is 1.